The summed E-state index contributed by atoms with van der Waals surface area (Å²) >= 11 is 0. The lowest BCUT2D eigenvalue weighted by molar-refractivity contribution is 0.265. The fraction of sp³-hybridized carbons (Fsp3) is 0.667. The van der Waals surface area contributed by atoms with E-state index in [1.807, 2.05) is 6.92 Å². The molecule has 94 valence electrons. The fourth-order valence-corrected chi connectivity index (χ4v) is 1.38. The van der Waals surface area contributed by atoms with Crippen molar-refractivity contribution in [1.82, 2.24) is 15.0 Å². The van der Waals surface area contributed by atoms with E-state index in [4.69, 9.17) is 10.6 Å². The van der Waals surface area contributed by atoms with Crippen LogP contribution in [0.1, 0.15) is 19.8 Å². The number of anilines is 2. The Balaban J connectivity index is 2.17. The van der Waals surface area contributed by atoms with E-state index < -0.39 is 0 Å². The third kappa shape index (κ3) is 2.71. The van der Waals surface area contributed by atoms with Gasteiger partial charge in [-0.2, -0.15) is 15.0 Å². The molecule has 0 aliphatic heterocycles. The van der Waals surface area contributed by atoms with Gasteiger partial charge in [-0.15, -0.1) is 0 Å². The number of ether oxygens (including phenoxy) is 1. The van der Waals surface area contributed by atoms with E-state index in [2.05, 4.69) is 25.7 Å². The minimum Gasteiger partial charge on any atom is -0.464 e. The Kier molecular flexibility index (Phi) is 3.25. The van der Waals surface area contributed by atoms with Crippen LogP contribution in [0.4, 0.5) is 11.9 Å². The molecule has 1 saturated carbocycles. The molecule has 0 amide bonds. The zero-order valence-electron chi connectivity index (χ0n) is 9.60. The van der Waals surface area contributed by atoms with Crippen molar-refractivity contribution in [2.75, 3.05) is 24.0 Å². The van der Waals surface area contributed by atoms with E-state index in [1.54, 1.807) is 0 Å². The number of nitrogens with one attached hydrogen (secondary N) is 2. The van der Waals surface area contributed by atoms with E-state index in [0.717, 1.165) is 12.8 Å². The minimum atomic E-state index is -0.295. The number of hydrazine groups is 1. The van der Waals surface area contributed by atoms with Crippen molar-refractivity contribution in [2.45, 2.75) is 25.3 Å². The summed E-state index contributed by atoms with van der Waals surface area (Å²) in [5.74, 6) is 5.83. The molecule has 5 N–H and O–H groups in total. The van der Waals surface area contributed by atoms with Gasteiger partial charge in [0.15, 0.2) is 0 Å². The van der Waals surface area contributed by atoms with Gasteiger partial charge in [-0.25, -0.2) is 5.84 Å². The molecule has 17 heavy (non-hydrogen) atoms. The quantitative estimate of drug-likeness (QED) is 0.388. The maximum Gasteiger partial charge on any atom is 0.323 e. The molecule has 0 radical (unpaired) electrons. The molecule has 1 aromatic heterocycles. The summed E-state index contributed by atoms with van der Waals surface area (Å²) in [6.07, 6.45) is 1.79. The maximum absolute atomic E-state index is 9.21. The highest BCUT2D eigenvalue weighted by molar-refractivity contribution is 5.39. The van der Waals surface area contributed by atoms with Gasteiger partial charge in [0.05, 0.1) is 18.8 Å². The topological polar surface area (TPSA) is 118 Å². The number of nitrogens with zero attached hydrogens (tertiary/aromatic N) is 3. The number of aliphatic hydroxyl groups is 1. The smallest absolute Gasteiger partial charge is 0.323 e. The zero-order valence-corrected chi connectivity index (χ0v) is 9.60. The Labute approximate surface area is 98.6 Å². The number of nitrogen functional groups attached to an aromatic ring is 1. The summed E-state index contributed by atoms with van der Waals surface area (Å²) in [4.78, 5) is 12.1. The first-order valence-corrected chi connectivity index (χ1v) is 5.46. The first-order valence-electron chi connectivity index (χ1n) is 5.46. The molecule has 1 heterocycles. The van der Waals surface area contributed by atoms with Gasteiger partial charge in [-0.3, -0.25) is 5.43 Å². The summed E-state index contributed by atoms with van der Waals surface area (Å²) in [5, 5.41) is 12.3. The second-order valence-corrected chi connectivity index (χ2v) is 3.91. The number of hydrogen-bond donors (Lipinski definition) is 4. The number of nitrogens with two attached hydrogens (primary N) is 1. The predicted octanol–water partition coefficient (Wildman–Crippen LogP) is -0.507. The molecule has 1 aromatic rings. The molecule has 0 bridgehead atoms. The molecule has 2 rings (SSSR count). The van der Waals surface area contributed by atoms with Crippen molar-refractivity contribution in [3.05, 3.63) is 0 Å². The van der Waals surface area contributed by atoms with Crippen LogP contribution >= 0.6 is 0 Å². The van der Waals surface area contributed by atoms with Crippen molar-refractivity contribution in [2.24, 2.45) is 5.84 Å². The van der Waals surface area contributed by atoms with Crippen molar-refractivity contribution in [1.29, 1.82) is 0 Å². The number of rotatable bonds is 6. The molecule has 0 aromatic carbocycles. The van der Waals surface area contributed by atoms with Crippen LogP contribution < -0.4 is 21.3 Å². The minimum absolute atomic E-state index is 0.0496. The van der Waals surface area contributed by atoms with Gasteiger partial charge < -0.3 is 15.2 Å². The van der Waals surface area contributed by atoms with E-state index in [0.29, 0.717) is 12.6 Å². The Morgan fingerprint density at radius 2 is 2.06 bits per heavy atom. The molecule has 0 saturated heterocycles. The summed E-state index contributed by atoms with van der Waals surface area (Å²) < 4.78 is 5.20. The number of hydrogen-bond acceptors (Lipinski definition) is 8. The molecule has 0 spiro atoms. The van der Waals surface area contributed by atoms with E-state index in [9.17, 15) is 5.11 Å². The van der Waals surface area contributed by atoms with Crippen LogP contribution in [0, 0.1) is 0 Å². The maximum atomic E-state index is 9.21. The molecule has 0 atom stereocenters. The van der Waals surface area contributed by atoms with Crippen LogP contribution in [0.15, 0.2) is 0 Å². The standard InChI is InChI=1S/C9H16N6O2/c1-2-17-8-12-6(11-7(13-8)15-10)14-9(5-16)3-4-9/h16H,2-5,10H2,1H3,(H2,11,12,13,14,15). The summed E-state index contributed by atoms with van der Waals surface area (Å²) in [6, 6.07) is 0.201. The predicted molar refractivity (Wildman–Crippen MR) is 61.5 cm³/mol. The van der Waals surface area contributed by atoms with Gasteiger partial charge >= 0.3 is 6.01 Å². The Hall–Kier alpha value is -1.67. The molecule has 8 nitrogen and oxygen atoms in total. The molecule has 8 heteroatoms. The highest BCUT2D eigenvalue weighted by atomic mass is 16.5. The lowest BCUT2D eigenvalue weighted by atomic mass is 10.3. The monoisotopic (exact) mass is 240 g/mol. The normalized spacial score (nSPS) is 16.4. The SMILES string of the molecule is CCOc1nc(NN)nc(NC2(CO)CC2)n1. The first-order chi connectivity index (χ1) is 8.21. The molecule has 1 fully saturated rings. The number of aliphatic hydroxyl groups excluding tert-OH is 1. The van der Waals surface area contributed by atoms with Crippen molar-refractivity contribution < 1.29 is 9.84 Å². The second kappa shape index (κ2) is 4.68. The third-order valence-corrected chi connectivity index (χ3v) is 2.55. The van der Waals surface area contributed by atoms with Gasteiger partial charge in [0.1, 0.15) is 0 Å². The lowest BCUT2D eigenvalue weighted by Crippen LogP contribution is -2.27. The average Bonchev–Trinajstić information content (AvgIpc) is 3.09. The lowest BCUT2D eigenvalue weighted by Gasteiger charge is -2.14. The highest BCUT2D eigenvalue weighted by Crippen LogP contribution is 2.37. The third-order valence-electron chi connectivity index (χ3n) is 2.55. The molecule has 0 unspecified atom stereocenters. The van der Waals surface area contributed by atoms with Gasteiger partial charge in [0, 0.05) is 0 Å². The highest BCUT2D eigenvalue weighted by Gasteiger charge is 2.42. The first kappa shape index (κ1) is 11.8. The molecular weight excluding hydrogens is 224 g/mol. The van der Waals surface area contributed by atoms with E-state index >= 15 is 0 Å². The molecule has 1 aliphatic carbocycles. The van der Waals surface area contributed by atoms with Gasteiger partial charge in [-0.05, 0) is 19.8 Å². The molecule has 1 aliphatic rings. The van der Waals surface area contributed by atoms with Crippen molar-refractivity contribution >= 4 is 11.9 Å². The van der Waals surface area contributed by atoms with Crippen LogP contribution in [-0.2, 0) is 0 Å². The van der Waals surface area contributed by atoms with Crippen LogP contribution in [0.5, 0.6) is 6.01 Å². The largest absolute Gasteiger partial charge is 0.464 e. The van der Waals surface area contributed by atoms with Crippen LogP contribution in [0.2, 0.25) is 0 Å². The Morgan fingerprint density at radius 3 is 2.59 bits per heavy atom. The molecular formula is C9H16N6O2. The van der Waals surface area contributed by atoms with Gasteiger partial charge in [0.2, 0.25) is 11.9 Å². The van der Waals surface area contributed by atoms with Crippen LogP contribution in [0.25, 0.3) is 0 Å². The Morgan fingerprint density at radius 1 is 1.35 bits per heavy atom. The van der Waals surface area contributed by atoms with E-state index in [-0.39, 0.29) is 24.1 Å². The van der Waals surface area contributed by atoms with Crippen molar-refractivity contribution in [3.8, 4) is 6.01 Å². The van der Waals surface area contributed by atoms with Gasteiger partial charge in [-0.1, -0.05) is 0 Å². The second-order valence-electron chi connectivity index (χ2n) is 3.91. The number of aromatic nitrogens is 3. The fourth-order valence-electron chi connectivity index (χ4n) is 1.38. The zero-order chi connectivity index (χ0) is 12.3. The van der Waals surface area contributed by atoms with E-state index in [1.165, 1.54) is 0 Å². The summed E-state index contributed by atoms with van der Waals surface area (Å²) in [5.41, 5.74) is 2.05. The van der Waals surface area contributed by atoms with Crippen LogP contribution in [-0.4, -0.2) is 38.8 Å². The average molecular weight is 240 g/mol. The van der Waals surface area contributed by atoms with Gasteiger partial charge in [0.25, 0.3) is 0 Å². The Bertz CT molecular complexity index is 395. The summed E-state index contributed by atoms with van der Waals surface area (Å²) in [7, 11) is 0. The van der Waals surface area contributed by atoms with Crippen molar-refractivity contribution in [3.63, 3.8) is 0 Å². The summed E-state index contributed by atoms with van der Waals surface area (Å²) in [6.45, 7) is 2.34. The van der Waals surface area contributed by atoms with Crippen LogP contribution in [0.3, 0.4) is 0 Å².